The van der Waals surface area contributed by atoms with E-state index in [2.05, 4.69) is 9.97 Å². The number of nitrogens with zero attached hydrogens (tertiary/aromatic N) is 2. The Morgan fingerprint density at radius 1 is 0.964 bits per heavy atom. The van der Waals surface area contributed by atoms with Crippen molar-refractivity contribution in [2.75, 3.05) is 5.73 Å². The highest BCUT2D eigenvalue weighted by molar-refractivity contribution is 5.96. The van der Waals surface area contributed by atoms with Gasteiger partial charge >= 0.3 is 0 Å². The maximum Gasteiger partial charge on any atom is 0.185 e. The van der Waals surface area contributed by atoms with Gasteiger partial charge < -0.3 is 5.73 Å². The molecule has 2 heterocycles. The average Bonchev–Trinajstić information content (AvgIpc) is 2.71. The van der Waals surface area contributed by atoms with Crippen molar-refractivity contribution in [3.63, 3.8) is 0 Å². The number of hydrogen-bond donors (Lipinski definition) is 1. The number of hydrogen-bond acceptors (Lipinski definition) is 5. The van der Waals surface area contributed by atoms with E-state index in [0.29, 0.717) is 17.8 Å². The number of carbonyl (C=O) groups excluding carboxylic acids is 2. The molecule has 3 aromatic rings. The first-order chi connectivity index (χ1) is 13.6. The summed E-state index contributed by atoms with van der Waals surface area (Å²) >= 11 is 0. The average molecular weight is 371 g/mol. The van der Waals surface area contributed by atoms with Crippen LogP contribution >= 0.6 is 0 Å². The summed E-state index contributed by atoms with van der Waals surface area (Å²) in [7, 11) is 0. The van der Waals surface area contributed by atoms with E-state index in [4.69, 9.17) is 5.73 Å². The lowest BCUT2D eigenvalue weighted by atomic mass is 10.0. The first-order valence-corrected chi connectivity index (χ1v) is 9.01. The second-order valence-electron chi connectivity index (χ2n) is 6.46. The molecule has 0 spiro atoms. The number of carbonyl (C=O) groups is 2. The molecule has 0 atom stereocenters. The third-order valence-electron chi connectivity index (χ3n) is 4.26. The molecule has 2 aromatic heterocycles. The van der Waals surface area contributed by atoms with E-state index in [0.717, 1.165) is 16.7 Å². The van der Waals surface area contributed by atoms with Crippen LogP contribution in [-0.2, 0) is 17.6 Å². The Morgan fingerprint density at radius 2 is 1.82 bits per heavy atom. The Balaban J connectivity index is 1.53. The molecule has 0 unspecified atom stereocenters. The summed E-state index contributed by atoms with van der Waals surface area (Å²) < 4.78 is 0. The van der Waals surface area contributed by atoms with Crippen LogP contribution in [0.25, 0.3) is 6.08 Å². The van der Waals surface area contributed by atoms with E-state index >= 15 is 0 Å². The molecule has 0 aliphatic carbocycles. The van der Waals surface area contributed by atoms with Crippen LogP contribution in [0.5, 0.6) is 0 Å². The lowest BCUT2D eigenvalue weighted by Gasteiger charge is -2.05. The molecule has 0 amide bonds. The van der Waals surface area contributed by atoms with Crippen LogP contribution in [0.3, 0.4) is 0 Å². The maximum absolute atomic E-state index is 12.4. The molecule has 0 bridgehead atoms. The number of allylic oxidation sites excluding steroid dienone is 1. The molecule has 5 heteroatoms. The lowest BCUT2D eigenvalue weighted by Crippen LogP contribution is -2.08. The second kappa shape index (κ2) is 9.37. The number of benzene rings is 1. The zero-order chi connectivity index (χ0) is 19.8. The normalized spacial score (nSPS) is 10.9. The Hall–Kier alpha value is -3.60. The molecule has 5 nitrogen and oxygen atoms in total. The number of nitrogen functional groups attached to an aromatic ring is 1. The van der Waals surface area contributed by atoms with Crippen LogP contribution in [0.1, 0.15) is 33.6 Å². The number of anilines is 1. The SMILES string of the molecule is Nc1ccccc1CC(=O)c1ccc(CC(=O)C/C=C/c2cccnc2)cn1. The van der Waals surface area contributed by atoms with E-state index in [9.17, 15) is 9.59 Å². The van der Waals surface area contributed by atoms with Gasteiger partial charge in [0, 0.05) is 43.5 Å². The highest BCUT2D eigenvalue weighted by atomic mass is 16.1. The third kappa shape index (κ3) is 5.45. The van der Waals surface area contributed by atoms with Gasteiger partial charge in [0.2, 0.25) is 0 Å². The van der Waals surface area contributed by atoms with Gasteiger partial charge in [-0.05, 0) is 34.9 Å². The number of aromatic nitrogens is 2. The van der Waals surface area contributed by atoms with Gasteiger partial charge in [-0.1, -0.05) is 42.5 Å². The van der Waals surface area contributed by atoms with Crippen LogP contribution in [0, 0.1) is 0 Å². The van der Waals surface area contributed by atoms with Gasteiger partial charge in [0.1, 0.15) is 11.5 Å². The van der Waals surface area contributed by atoms with E-state index in [-0.39, 0.29) is 24.4 Å². The summed E-state index contributed by atoms with van der Waals surface area (Å²) in [6.07, 6.45) is 9.56. The standard InChI is InChI=1S/C23H21N3O2/c24-21-9-2-1-7-19(21)14-23(28)22-11-10-18(16-26-22)13-20(27)8-3-5-17-6-4-12-25-15-17/h1-7,9-12,15-16H,8,13-14,24H2/b5-3+. The minimum Gasteiger partial charge on any atom is -0.398 e. The summed E-state index contributed by atoms with van der Waals surface area (Å²) in [5.74, 6) is -0.0201. The minimum absolute atomic E-state index is 0.0816. The summed E-state index contributed by atoms with van der Waals surface area (Å²) in [6, 6.07) is 14.5. The fourth-order valence-electron chi connectivity index (χ4n) is 2.75. The molecule has 28 heavy (non-hydrogen) atoms. The Morgan fingerprint density at radius 3 is 2.54 bits per heavy atom. The van der Waals surface area contributed by atoms with Gasteiger partial charge in [-0.25, -0.2) is 0 Å². The van der Waals surface area contributed by atoms with Gasteiger partial charge in [-0.2, -0.15) is 0 Å². The molecular formula is C23H21N3O2. The Kier molecular flexibility index (Phi) is 6.41. The first-order valence-electron chi connectivity index (χ1n) is 9.01. The zero-order valence-electron chi connectivity index (χ0n) is 15.4. The summed E-state index contributed by atoms with van der Waals surface area (Å²) in [6.45, 7) is 0. The highest BCUT2D eigenvalue weighted by Gasteiger charge is 2.11. The summed E-state index contributed by atoms with van der Waals surface area (Å²) in [5.41, 5.74) is 9.38. The van der Waals surface area contributed by atoms with E-state index in [1.165, 1.54) is 0 Å². The van der Waals surface area contributed by atoms with Gasteiger partial charge in [0.15, 0.2) is 5.78 Å². The third-order valence-corrected chi connectivity index (χ3v) is 4.26. The van der Waals surface area contributed by atoms with Crippen LogP contribution in [0.2, 0.25) is 0 Å². The van der Waals surface area contributed by atoms with Gasteiger partial charge in [0.25, 0.3) is 0 Å². The van der Waals surface area contributed by atoms with E-state index in [1.807, 2.05) is 42.5 Å². The Bertz CT molecular complexity index is 980. The predicted octanol–water partition coefficient (Wildman–Crippen LogP) is 3.70. The molecule has 2 N–H and O–H groups in total. The molecule has 1 aromatic carbocycles. The fourth-order valence-corrected chi connectivity index (χ4v) is 2.75. The fraction of sp³-hybridized carbons (Fsp3) is 0.130. The van der Waals surface area contributed by atoms with Crippen molar-refractivity contribution >= 4 is 23.3 Å². The largest absolute Gasteiger partial charge is 0.398 e. The smallest absolute Gasteiger partial charge is 0.185 e. The van der Waals surface area contributed by atoms with Crippen LogP contribution in [0.15, 0.2) is 73.2 Å². The second-order valence-corrected chi connectivity index (χ2v) is 6.46. The number of ketones is 2. The summed E-state index contributed by atoms with van der Waals surface area (Å²) in [5, 5.41) is 0. The number of nitrogens with two attached hydrogens (primary N) is 1. The molecule has 3 rings (SSSR count). The molecule has 140 valence electrons. The predicted molar refractivity (Wildman–Crippen MR) is 110 cm³/mol. The molecule has 0 saturated heterocycles. The minimum atomic E-state index is -0.102. The highest BCUT2D eigenvalue weighted by Crippen LogP contribution is 2.14. The summed E-state index contributed by atoms with van der Waals surface area (Å²) in [4.78, 5) is 32.7. The monoisotopic (exact) mass is 371 g/mol. The first kappa shape index (κ1) is 19.2. The topological polar surface area (TPSA) is 85.9 Å². The van der Waals surface area contributed by atoms with Crippen molar-refractivity contribution in [2.24, 2.45) is 0 Å². The van der Waals surface area contributed by atoms with Crippen LogP contribution in [0.4, 0.5) is 5.69 Å². The number of para-hydroxylation sites is 1. The number of Topliss-reactive ketones (excluding diaryl/α,β-unsaturated/α-hetero) is 2. The van der Waals surface area contributed by atoms with E-state index in [1.54, 1.807) is 36.8 Å². The Labute approximate surface area is 164 Å². The maximum atomic E-state index is 12.4. The molecule has 0 radical (unpaired) electrons. The molecule has 0 aliphatic heterocycles. The van der Waals surface area contributed by atoms with Crippen LogP contribution in [-0.4, -0.2) is 21.5 Å². The van der Waals surface area contributed by atoms with Crippen LogP contribution < -0.4 is 5.73 Å². The van der Waals surface area contributed by atoms with Gasteiger partial charge in [0.05, 0.1) is 0 Å². The van der Waals surface area contributed by atoms with Crippen molar-refractivity contribution in [1.82, 2.24) is 9.97 Å². The van der Waals surface area contributed by atoms with Gasteiger partial charge in [-0.15, -0.1) is 0 Å². The number of rotatable bonds is 8. The quantitative estimate of drug-likeness (QED) is 0.482. The van der Waals surface area contributed by atoms with E-state index < -0.39 is 0 Å². The molecule has 0 fully saturated rings. The molecule has 0 saturated carbocycles. The number of pyridine rings is 2. The van der Waals surface area contributed by atoms with Crippen molar-refractivity contribution in [3.05, 3.63) is 95.6 Å². The molecule has 0 aliphatic rings. The lowest BCUT2D eigenvalue weighted by molar-refractivity contribution is -0.117. The zero-order valence-corrected chi connectivity index (χ0v) is 15.4. The van der Waals surface area contributed by atoms with Gasteiger partial charge in [-0.3, -0.25) is 19.6 Å². The molecular weight excluding hydrogens is 350 g/mol. The van der Waals surface area contributed by atoms with Crippen molar-refractivity contribution in [2.45, 2.75) is 19.3 Å². The van der Waals surface area contributed by atoms with Crippen molar-refractivity contribution < 1.29 is 9.59 Å². The van der Waals surface area contributed by atoms with Crippen molar-refractivity contribution in [1.29, 1.82) is 0 Å². The van der Waals surface area contributed by atoms with Crippen molar-refractivity contribution in [3.8, 4) is 0 Å².